The van der Waals surface area contributed by atoms with Crippen molar-refractivity contribution in [1.29, 1.82) is 0 Å². The summed E-state index contributed by atoms with van der Waals surface area (Å²) in [6.45, 7) is 4.59. The number of hydrogen-bond donors (Lipinski definition) is 1. The number of hydrogen-bond acceptors (Lipinski definition) is 6. The van der Waals surface area contributed by atoms with E-state index in [4.69, 9.17) is 14.2 Å². The van der Waals surface area contributed by atoms with Crippen LogP contribution in [-0.4, -0.2) is 32.2 Å². The van der Waals surface area contributed by atoms with Crippen molar-refractivity contribution in [3.63, 3.8) is 0 Å². The molecule has 0 fully saturated rings. The molecule has 0 bridgehead atoms. The van der Waals surface area contributed by atoms with Crippen LogP contribution in [0.2, 0.25) is 0 Å². The van der Waals surface area contributed by atoms with Gasteiger partial charge in [-0.2, -0.15) is 0 Å². The molecule has 0 spiro atoms. The summed E-state index contributed by atoms with van der Waals surface area (Å²) in [5.74, 6) is 0.886. The fourth-order valence-corrected chi connectivity index (χ4v) is 4.96. The van der Waals surface area contributed by atoms with Crippen molar-refractivity contribution >= 4 is 28.2 Å². The Morgan fingerprint density at radius 2 is 1.90 bits per heavy atom. The SMILES string of the molecule is CCOC(=O)c1c(NC(=O)CCc2ccc(OCC)c(OC)c2)sc2c1CCCC2. The largest absolute Gasteiger partial charge is 0.493 e. The van der Waals surface area contributed by atoms with Crippen molar-refractivity contribution in [3.05, 3.63) is 39.8 Å². The predicted octanol–water partition coefficient (Wildman–Crippen LogP) is 4.78. The normalized spacial score (nSPS) is 12.8. The monoisotopic (exact) mass is 431 g/mol. The van der Waals surface area contributed by atoms with Gasteiger partial charge in [0, 0.05) is 11.3 Å². The molecule has 7 heteroatoms. The molecule has 2 aromatic rings. The number of carbonyl (C=O) groups is 2. The van der Waals surface area contributed by atoms with Gasteiger partial charge in [0.1, 0.15) is 5.00 Å². The maximum atomic E-state index is 12.6. The summed E-state index contributed by atoms with van der Waals surface area (Å²) >= 11 is 1.51. The zero-order valence-electron chi connectivity index (χ0n) is 17.8. The highest BCUT2D eigenvalue weighted by molar-refractivity contribution is 7.17. The molecule has 1 amide bonds. The van der Waals surface area contributed by atoms with Gasteiger partial charge in [-0.3, -0.25) is 4.79 Å². The van der Waals surface area contributed by atoms with Gasteiger partial charge < -0.3 is 19.5 Å². The maximum absolute atomic E-state index is 12.6. The second-order valence-electron chi connectivity index (χ2n) is 7.10. The zero-order valence-corrected chi connectivity index (χ0v) is 18.7. The molecule has 162 valence electrons. The molecule has 0 saturated heterocycles. The van der Waals surface area contributed by atoms with Crippen molar-refractivity contribution < 1.29 is 23.8 Å². The number of carbonyl (C=O) groups excluding carboxylic acids is 2. The number of amides is 1. The van der Waals surface area contributed by atoms with Crippen LogP contribution in [0.15, 0.2) is 18.2 Å². The van der Waals surface area contributed by atoms with E-state index in [1.165, 1.54) is 16.2 Å². The summed E-state index contributed by atoms with van der Waals surface area (Å²) in [6.07, 6.45) is 4.86. The van der Waals surface area contributed by atoms with E-state index in [9.17, 15) is 9.59 Å². The van der Waals surface area contributed by atoms with Crippen LogP contribution in [0.5, 0.6) is 11.5 Å². The quantitative estimate of drug-likeness (QED) is 0.578. The van der Waals surface area contributed by atoms with Gasteiger partial charge in [0.25, 0.3) is 0 Å². The molecule has 0 aliphatic heterocycles. The lowest BCUT2D eigenvalue weighted by Gasteiger charge is -2.12. The number of anilines is 1. The van der Waals surface area contributed by atoms with E-state index in [2.05, 4.69) is 5.32 Å². The third kappa shape index (κ3) is 5.14. The van der Waals surface area contributed by atoms with Gasteiger partial charge in [-0.1, -0.05) is 6.07 Å². The molecule has 1 aromatic carbocycles. The lowest BCUT2D eigenvalue weighted by molar-refractivity contribution is -0.116. The Bertz CT molecular complexity index is 905. The average molecular weight is 432 g/mol. The van der Waals surface area contributed by atoms with Crippen molar-refractivity contribution in [2.75, 3.05) is 25.6 Å². The number of thiophene rings is 1. The van der Waals surface area contributed by atoms with Crippen LogP contribution in [-0.2, 0) is 28.8 Å². The number of benzene rings is 1. The van der Waals surface area contributed by atoms with Crippen LogP contribution >= 0.6 is 11.3 Å². The van der Waals surface area contributed by atoms with E-state index < -0.39 is 0 Å². The summed E-state index contributed by atoms with van der Waals surface area (Å²) in [4.78, 5) is 26.4. The topological polar surface area (TPSA) is 73.9 Å². The predicted molar refractivity (Wildman–Crippen MR) is 118 cm³/mol. The Morgan fingerprint density at radius 3 is 2.63 bits per heavy atom. The number of nitrogens with one attached hydrogen (secondary N) is 1. The van der Waals surface area contributed by atoms with E-state index in [1.54, 1.807) is 14.0 Å². The summed E-state index contributed by atoms with van der Waals surface area (Å²) in [5.41, 5.74) is 2.59. The number of aryl methyl sites for hydroxylation is 2. The Hall–Kier alpha value is -2.54. The highest BCUT2D eigenvalue weighted by atomic mass is 32.1. The van der Waals surface area contributed by atoms with Crippen molar-refractivity contribution in [1.82, 2.24) is 0 Å². The van der Waals surface area contributed by atoms with Crippen LogP contribution in [0.3, 0.4) is 0 Å². The fourth-order valence-electron chi connectivity index (χ4n) is 3.66. The van der Waals surface area contributed by atoms with Gasteiger partial charge in [0.2, 0.25) is 5.91 Å². The Kier molecular flexibility index (Phi) is 7.74. The number of ether oxygens (including phenoxy) is 3. The Morgan fingerprint density at radius 1 is 1.10 bits per heavy atom. The minimum atomic E-state index is -0.344. The minimum Gasteiger partial charge on any atom is -0.493 e. The second-order valence-corrected chi connectivity index (χ2v) is 8.21. The van der Waals surface area contributed by atoms with E-state index in [0.717, 1.165) is 36.8 Å². The third-order valence-electron chi connectivity index (χ3n) is 5.07. The lowest BCUT2D eigenvalue weighted by atomic mass is 9.95. The molecule has 1 heterocycles. The van der Waals surface area contributed by atoms with E-state index in [1.807, 2.05) is 25.1 Å². The molecule has 0 atom stereocenters. The molecule has 1 aromatic heterocycles. The van der Waals surface area contributed by atoms with Gasteiger partial charge in [0.15, 0.2) is 11.5 Å². The standard InChI is InChI=1S/C23H29NO5S/c1-4-28-17-12-10-15(14-18(17)27-3)11-13-20(25)24-22-21(23(26)29-5-2)16-8-6-7-9-19(16)30-22/h10,12,14H,4-9,11,13H2,1-3H3,(H,24,25). The first kappa shape index (κ1) is 22.2. The first-order valence-corrected chi connectivity index (χ1v) is 11.3. The summed E-state index contributed by atoms with van der Waals surface area (Å²) < 4.78 is 16.2. The van der Waals surface area contributed by atoms with Gasteiger partial charge in [-0.25, -0.2) is 4.79 Å². The second kappa shape index (κ2) is 10.5. The molecule has 6 nitrogen and oxygen atoms in total. The smallest absolute Gasteiger partial charge is 0.341 e. The molecule has 1 aliphatic rings. The highest BCUT2D eigenvalue weighted by Gasteiger charge is 2.27. The molecule has 1 N–H and O–H groups in total. The summed E-state index contributed by atoms with van der Waals surface area (Å²) in [5, 5.41) is 3.58. The number of esters is 1. The first-order chi connectivity index (χ1) is 14.6. The van der Waals surface area contributed by atoms with Crippen molar-refractivity contribution in [2.24, 2.45) is 0 Å². The van der Waals surface area contributed by atoms with Crippen LogP contribution in [0.1, 0.15) is 59.5 Å². The van der Waals surface area contributed by atoms with E-state index in [0.29, 0.717) is 48.1 Å². The molecular weight excluding hydrogens is 402 g/mol. The van der Waals surface area contributed by atoms with Gasteiger partial charge in [-0.15, -0.1) is 11.3 Å². The Balaban J connectivity index is 1.69. The van der Waals surface area contributed by atoms with Crippen LogP contribution < -0.4 is 14.8 Å². The highest BCUT2D eigenvalue weighted by Crippen LogP contribution is 2.38. The van der Waals surface area contributed by atoms with Crippen LogP contribution in [0.25, 0.3) is 0 Å². The molecule has 0 unspecified atom stereocenters. The van der Waals surface area contributed by atoms with Gasteiger partial charge in [0.05, 0.1) is 25.9 Å². The summed E-state index contributed by atoms with van der Waals surface area (Å²) in [6, 6.07) is 5.70. The van der Waals surface area contributed by atoms with E-state index >= 15 is 0 Å². The number of fused-ring (bicyclic) bond motifs is 1. The van der Waals surface area contributed by atoms with Crippen LogP contribution in [0.4, 0.5) is 5.00 Å². The number of rotatable bonds is 9. The third-order valence-corrected chi connectivity index (χ3v) is 6.28. The van der Waals surface area contributed by atoms with Gasteiger partial charge >= 0.3 is 5.97 Å². The van der Waals surface area contributed by atoms with Crippen molar-refractivity contribution in [3.8, 4) is 11.5 Å². The lowest BCUT2D eigenvalue weighted by Crippen LogP contribution is -2.16. The van der Waals surface area contributed by atoms with E-state index in [-0.39, 0.29) is 11.9 Å². The molecular formula is C23H29NO5S. The molecule has 30 heavy (non-hydrogen) atoms. The average Bonchev–Trinajstić information content (AvgIpc) is 3.11. The molecule has 0 radical (unpaired) electrons. The van der Waals surface area contributed by atoms with Crippen molar-refractivity contribution in [2.45, 2.75) is 52.4 Å². The minimum absolute atomic E-state index is 0.119. The van der Waals surface area contributed by atoms with Crippen LogP contribution in [0, 0.1) is 0 Å². The fraction of sp³-hybridized carbons (Fsp3) is 0.478. The molecule has 0 saturated carbocycles. The number of methoxy groups -OCH3 is 1. The zero-order chi connectivity index (χ0) is 21.5. The molecule has 1 aliphatic carbocycles. The Labute approximate surface area is 181 Å². The molecule has 3 rings (SSSR count). The maximum Gasteiger partial charge on any atom is 0.341 e. The summed E-state index contributed by atoms with van der Waals surface area (Å²) in [7, 11) is 1.60. The first-order valence-electron chi connectivity index (χ1n) is 10.5. The van der Waals surface area contributed by atoms with Gasteiger partial charge in [-0.05, 0) is 69.2 Å².